The maximum atomic E-state index is 14.6. The fourth-order valence-electron chi connectivity index (χ4n) is 3.81. The lowest BCUT2D eigenvalue weighted by Gasteiger charge is -2.19. The van der Waals surface area contributed by atoms with E-state index in [1.165, 1.54) is 0 Å². The van der Waals surface area contributed by atoms with Crippen molar-refractivity contribution < 1.29 is 57.8 Å². The summed E-state index contributed by atoms with van der Waals surface area (Å²) in [6.07, 6.45) is -9.52. The van der Waals surface area contributed by atoms with Gasteiger partial charge in [0.05, 0.1) is 17.7 Å². The number of rotatable bonds is 5. The number of halogens is 11. The molecule has 0 heterocycles. The van der Waals surface area contributed by atoms with E-state index >= 15 is 0 Å². The van der Waals surface area contributed by atoms with E-state index in [2.05, 4.69) is 16.6 Å². The van der Waals surface area contributed by atoms with Gasteiger partial charge in [0.25, 0.3) is 0 Å². The van der Waals surface area contributed by atoms with E-state index in [-0.39, 0.29) is 30.1 Å². The van der Waals surface area contributed by atoms with E-state index in [1.54, 1.807) is 6.92 Å². The van der Waals surface area contributed by atoms with Gasteiger partial charge in [0.15, 0.2) is 0 Å². The predicted octanol–water partition coefficient (Wildman–Crippen LogP) is 8.87. The smallest absolute Gasteiger partial charge is 0.429 e. The first-order valence-corrected chi connectivity index (χ1v) is 12.5. The monoisotopic (exact) mass is 640 g/mol. The highest BCUT2D eigenvalue weighted by Crippen LogP contribution is 2.36. The summed E-state index contributed by atoms with van der Waals surface area (Å²) in [5, 5.41) is 0. The van der Waals surface area contributed by atoms with Crippen molar-refractivity contribution in [3.63, 3.8) is 0 Å². The van der Waals surface area contributed by atoms with Crippen LogP contribution in [0.25, 0.3) is 0 Å². The summed E-state index contributed by atoms with van der Waals surface area (Å²) in [5.74, 6) is -1.31. The standard InChI is InChI=1S/C32H15F11O2/c1-2-44-20-8-10-23(27(36)15-20)32(42,43)45-21-7-6-19(24(33)16-21)5-3-17-11-25(34)22(26(35)12-17)9-4-18-13-28(37)30(29(38)14-18)31(39,40)41/h6-8,10-16H,2H2,1H3. The van der Waals surface area contributed by atoms with Gasteiger partial charge in [0.2, 0.25) is 0 Å². The van der Waals surface area contributed by atoms with Gasteiger partial charge >= 0.3 is 12.3 Å². The zero-order chi connectivity index (χ0) is 33.1. The van der Waals surface area contributed by atoms with E-state index < -0.39 is 80.8 Å². The molecule has 13 heteroatoms. The molecule has 0 bridgehead atoms. The Hall–Kier alpha value is -5.17. The third-order valence-corrected chi connectivity index (χ3v) is 5.79. The highest BCUT2D eigenvalue weighted by molar-refractivity contribution is 5.50. The van der Waals surface area contributed by atoms with E-state index in [9.17, 15) is 48.3 Å². The van der Waals surface area contributed by atoms with Gasteiger partial charge in [-0.15, -0.1) is 0 Å². The molecule has 232 valence electrons. The van der Waals surface area contributed by atoms with Crippen LogP contribution in [0.15, 0.2) is 60.7 Å². The van der Waals surface area contributed by atoms with Crippen molar-refractivity contribution in [3.05, 3.63) is 129 Å². The van der Waals surface area contributed by atoms with E-state index in [0.717, 1.165) is 30.3 Å². The largest absolute Gasteiger partial charge is 0.494 e. The normalized spacial score (nSPS) is 11.3. The average molecular weight is 640 g/mol. The Morgan fingerprint density at radius 1 is 0.578 bits per heavy atom. The first-order valence-electron chi connectivity index (χ1n) is 12.5. The van der Waals surface area contributed by atoms with Crippen molar-refractivity contribution in [3.8, 4) is 35.2 Å². The van der Waals surface area contributed by atoms with Crippen LogP contribution in [-0.4, -0.2) is 6.61 Å². The summed E-state index contributed by atoms with van der Waals surface area (Å²) in [6, 6.07) is 6.81. The van der Waals surface area contributed by atoms with Crippen molar-refractivity contribution in [2.75, 3.05) is 6.61 Å². The second-order valence-electron chi connectivity index (χ2n) is 8.96. The summed E-state index contributed by atoms with van der Waals surface area (Å²) in [5.41, 5.74) is -5.55. The van der Waals surface area contributed by atoms with Crippen molar-refractivity contribution in [1.82, 2.24) is 0 Å². The molecule has 0 amide bonds. The van der Waals surface area contributed by atoms with Gasteiger partial charge in [-0.25, -0.2) is 26.3 Å². The highest BCUT2D eigenvalue weighted by Gasteiger charge is 2.39. The average Bonchev–Trinajstić information content (AvgIpc) is 2.91. The molecule has 0 unspecified atom stereocenters. The minimum atomic E-state index is -5.32. The quantitative estimate of drug-likeness (QED) is 0.160. The van der Waals surface area contributed by atoms with Gasteiger partial charge in [-0.05, 0) is 55.5 Å². The van der Waals surface area contributed by atoms with Crippen LogP contribution in [0.2, 0.25) is 0 Å². The number of benzene rings is 4. The lowest BCUT2D eigenvalue weighted by Crippen LogP contribution is -2.23. The number of alkyl halides is 5. The second kappa shape index (κ2) is 12.8. The van der Waals surface area contributed by atoms with Gasteiger partial charge in [0, 0.05) is 23.3 Å². The molecule has 0 radical (unpaired) electrons. The lowest BCUT2D eigenvalue weighted by molar-refractivity contribution is -0.187. The first-order chi connectivity index (χ1) is 21.1. The molecule has 0 N–H and O–H groups in total. The Morgan fingerprint density at radius 3 is 1.64 bits per heavy atom. The van der Waals surface area contributed by atoms with E-state index in [4.69, 9.17) is 4.74 Å². The van der Waals surface area contributed by atoms with E-state index in [0.29, 0.717) is 18.2 Å². The van der Waals surface area contributed by atoms with Crippen molar-refractivity contribution in [1.29, 1.82) is 0 Å². The summed E-state index contributed by atoms with van der Waals surface area (Å²) in [7, 11) is 0. The Kier molecular flexibility index (Phi) is 9.33. The molecule has 0 atom stereocenters. The Balaban J connectivity index is 1.52. The number of hydrogen-bond acceptors (Lipinski definition) is 2. The molecule has 0 aliphatic heterocycles. The van der Waals surface area contributed by atoms with Crippen LogP contribution in [0.5, 0.6) is 11.5 Å². The number of ether oxygens (including phenoxy) is 2. The molecule has 2 nitrogen and oxygen atoms in total. The van der Waals surface area contributed by atoms with Gasteiger partial charge in [-0.3, -0.25) is 0 Å². The van der Waals surface area contributed by atoms with Gasteiger partial charge in [-0.2, -0.15) is 22.0 Å². The summed E-state index contributed by atoms with van der Waals surface area (Å²) < 4.78 is 162. The Bertz CT molecular complexity index is 1850. The summed E-state index contributed by atoms with van der Waals surface area (Å²) in [4.78, 5) is 0. The molecule has 4 aromatic rings. The fraction of sp³-hybridized carbons (Fsp3) is 0.125. The summed E-state index contributed by atoms with van der Waals surface area (Å²) in [6.45, 7) is 1.79. The van der Waals surface area contributed by atoms with Crippen LogP contribution in [-0.2, 0) is 12.3 Å². The van der Waals surface area contributed by atoms with Gasteiger partial charge in [0.1, 0.15) is 57.5 Å². The van der Waals surface area contributed by atoms with Gasteiger partial charge < -0.3 is 9.47 Å². The number of hydrogen-bond donors (Lipinski definition) is 0. The van der Waals surface area contributed by atoms with Crippen LogP contribution >= 0.6 is 0 Å². The van der Waals surface area contributed by atoms with Crippen molar-refractivity contribution in [2.45, 2.75) is 19.2 Å². The van der Waals surface area contributed by atoms with Crippen LogP contribution in [0.3, 0.4) is 0 Å². The molecule has 45 heavy (non-hydrogen) atoms. The molecule has 0 saturated carbocycles. The Morgan fingerprint density at radius 2 is 1.11 bits per heavy atom. The molecule has 0 spiro atoms. The van der Waals surface area contributed by atoms with Crippen LogP contribution in [0.4, 0.5) is 48.3 Å². The van der Waals surface area contributed by atoms with Crippen LogP contribution in [0, 0.1) is 58.6 Å². The molecule has 4 aromatic carbocycles. The highest BCUT2D eigenvalue weighted by atomic mass is 19.4. The fourth-order valence-corrected chi connectivity index (χ4v) is 3.81. The molecule has 0 aromatic heterocycles. The molecule has 0 fully saturated rings. The molecular formula is C32H15F11O2. The maximum Gasteiger partial charge on any atom is 0.429 e. The topological polar surface area (TPSA) is 18.5 Å². The molecular weight excluding hydrogens is 625 g/mol. The van der Waals surface area contributed by atoms with Crippen molar-refractivity contribution in [2.24, 2.45) is 0 Å². The minimum Gasteiger partial charge on any atom is -0.494 e. The van der Waals surface area contributed by atoms with Crippen molar-refractivity contribution >= 4 is 0 Å². The zero-order valence-electron chi connectivity index (χ0n) is 22.5. The molecule has 4 rings (SSSR count). The SMILES string of the molecule is CCOc1ccc(C(F)(F)Oc2ccc(C#Cc3cc(F)c(C#Cc4cc(F)c(C(F)(F)F)c(F)c4)c(F)c3)c(F)c2)c(F)c1. The third-order valence-electron chi connectivity index (χ3n) is 5.79. The first kappa shape index (κ1) is 32.7. The summed E-state index contributed by atoms with van der Waals surface area (Å²) >= 11 is 0. The van der Waals surface area contributed by atoms with Crippen LogP contribution < -0.4 is 9.47 Å². The van der Waals surface area contributed by atoms with Gasteiger partial charge in [-0.1, -0.05) is 23.7 Å². The molecule has 0 aliphatic carbocycles. The minimum absolute atomic E-state index is 0.0115. The zero-order valence-corrected chi connectivity index (χ0v) is 22.5. The van der Waals surface area contributed by atoms with Crippen LogP contribution in [0.1, 0.15) is 40.3 Å². The molecule has 0 saturated heterocycles. The van der Waals surface area contributed by atoms with E-state index in [1.807, 2.05) is 11.8 Å². The Labute approximate surface area is 248 Å². The third kappa shape index (κ3) is 7.68. The second-order valence-corrected chi connectivity index (χ2v) is 8.96. The predicted molar refractivity (Wildman–Crippen MR) is 138 cm³/mol. The lowest BCUT2D eigenvalue weighted by atomic mass is 10.1. The maximum absolute atomic E-state index is 14.6. The molecule has 0 aliphatic rings.